The van der Waals surface area contributed by atoms with Crippen molar-refractivity contribution in [2.75, 3.05) is 11.9 Å². The molecule has 0 aliphatic carbocycles. The van der Waals surface area contributed by atoms with Crippen molar-refractivity contribution in [1.82, 2.24) is 4.98 Å². The van der Waals surface area contributed by atoms with Gasteiger partial charge < -0.3 is 14.5 Å². The van der Waals surface area contributed by atoms with E-state index in [1.807, 2.05) is 6.07 Å². The number of para-hydroxylation sites is 2. The molecule has 2 aromatic heterocycles. The number of furan rings is 1. The molecule has 0 unspecified atom stereocenters. The summed E-state index contributed by atoms with van der Waals surface area (Å²) < 4.78 is 10.6. The molecule has 0 bridgehead atoms. The van der Waals surface area contributed by atoms with Crippen LogP contribution in [0.3, 0.4) is 0 Å². The Kier molecular flexibility index (Phi) is 5.57. The minimum Gasteiger partial charge on any atom is -0.463 e. The number of aromatic nitrogens is 1. The lowest BCUT2D eigenvalue weighted by molar-refractivity contribution is -0.119. The van der Waals surface area contributed by atoms with Gasteiger partial charge in [-0.05, 0) is 43.3 Å². The van der Waals surface area contributed by atoms with E-state index in [0.29, 0.717) is 33.6 Å². The van der Waals surface area contributed by atoms with Gasteiger partial charge >= 0.3 is 5.97 Å². The Hall–Kier alpha value is -4.26. The third kappa shape index (κ3) is 4.35. The van der Waals surface area contributed by atoms with Crippen molar-refractivity contribution in [3.8, 4) is 11.5 Å². The average molecular weight is 414 g/mol. The van der Waals surface area contributed by atoms with E-state index in [1.165, 1.54) is 13.2 Å². The van der Waals surface area contributed by atoms with Crippen molar-refractivity contribution in [3.05, 3.63) is 84.1 Å². The van der Waals surface area contributed by atoms with Crippen LogP contribution >= 0.6 is 0 Å². The first-order valence-corrected chi connectivity index (χ1v) is 9.53. The molecule has 0 spiro atoms. The van der Waals surface area contributed by atoms with Crippen LogP contribution in [0, 0.1) is 0 Å². The first kappa shape index (κ1) is 20.0. The molecular formula is C24H18N2O5. The molecule has 31 heavy (non-hydrogen) atoms. The van der Waals surface area contributed by atoms with Gasteiger partial charge in [0.05, 0.1) is 23.0 Å². The minimum absolute atomic E-state index is 0.179. The highest BCUT2D eigenvalue weighted by Gasteiger charge is 2.18. The quantitative estimate of drug-likeness (QED) is 0.369. The number of rotatable bonds is 6. The van der Waals surface area contributed by atoms with E-state index >= 15 is 0 Å². The number of ether oxygens (including phenoxy) is 1. The van der Waals surface area contributed by atoms with E-state index in [1.54, 1.807) is 60.7 Å². The molecule has 1 N–H and O–H groups in total. The number of fused-ring (bicyclic) bond motifs is 1. The molecular weight excluding hydrogens is 396 g/mol. The fraction of sp³-hybridized carbons (Fsp3) is 0.0833. The van der Waals surface area contributed by atoms with Crippen LogP contribution in [0.5, 0.6) is 0 Å². The van der Waals surface area contributed by atoms with Gasteiger partial charge in [-0.1, -0.05) is 30.3 Å². The number of anilines is 1. The molecule has 0 radical (unpaired) electrons. The van der Waals surface area contributed by atoms with Crippen molar-refractivity contribution >= 4 is 34.3 Å². The maximum Gasteiger partial charge on any atom is 0.339 e. The molecule has 4 rings (SSSR count). The normalized spacial score (nSPS) is 10.6. The number of pyridine rings is 1. The van der Waals surface area contributed by atoms with Crippen molar-refractivity contribution < 1.29 is 23.5 Å². The zero-order chi connectivity index (χ0) is 21.8. The molecule has 0 fully saturated rings. The van der Waals surface area contributed by atoms with Gasteiger partial charge in [0.1, 0.15) is 5.69 Å². The van der Waals surface area contributed by atoms with Crippen molar-refractivity contribution in [2.45, 2.75) is 6.92 Å². The van der Waals surface area contributed by atoms with Crippen LogP contribution in [-0.4, -0.2) is 29.3 Å². The highest BCUT2D eigenvalue weighted by Crippen LogP contribution is 2.25. The molecule has 0 aliphatic rings. The maximum absolute atomic E-state index is 12.8. The van der Waals surface area contributed by atoms with Crippen molar-refractivity contribution in [1.29, 1.82) is 0 Å². The first-order chi connectivity index (χ1) is 15.0. The minimum atomic E-state index is -0.665. The van der Waals surface area contributed by atoms with E-state index in [2.05, 4.69) is 10.3 Å². The predicted octanol–water partition coefficient (Wildman–Crippen LogP) is 4.49. The Bertz CT molecular complexity index is 1280. The lowest BCUT2D eigenvalue weighted by atomic mass is 10.1. The lowest BCUT2D eigenvalue weighted by Gasteiger charge is -2.11. The number of nitrogens with zero attached hydrogens (tertiary/aromatic N) is 1. The second-order valence-corrected chi connectivity index (χ2v) is 6.78. The van der Waals surface area contributed by atoms with E-state index in [4.69, 9.17) is 9.15 Å². The molecule has 4 aromatic rings. The van der Waals surface area contributed by atoms with Gasteiger partial charge in [0.2, 0.25) is 0 Å². The van der Waals surface area contributed by atoms with Crippen molar-refractivity contribution in [3.63, 3.8) is 0 Å². The summed E-state index contributed by atoms with van der Waals surface area (Å²) >= 11 is 0. The first-order valence-electron chi connectivity index (χ1n) is 9.53. The lowest BCUT2D eigenvalue weighted by Crippen LogP contribution is -2.22. The highest BCUT2D eigenvalue weighted by molar-refractivity contribution is 6.06. The van der Waals surface area contributed by atoms with Crippen LogP contribution in [-0.2, 0) is 9.53 Å². The summed E-state index contributed by atoms with van der Waals surface area (Å²) in [7, 11) is 0. The summed E-state index contributed by atoms with van der Waals surface area (Å²) in [6.45, 7) is 0.911. The molecule has 154 valence electrons. The third-order valence-electron chi connectivity index (χ3n) is 4.62. The summed E-state index contributed by atoms with van der Waals surface area (Å²) in [5.41, 5.74) is 2.10. The molecule has 7 nitrogen and oxygen atoms in total. The Morgan fingerprint density at radius 1 is 0.968 bits per heavy atom. The van der Waals surface area contributed by atoms with Gasteiger partial charge in [-0.25, -0.2) is 9.78 Å². The third-order valence-corrected chi connectivity index (χ3v) is 4.62. The van der Waals surface area contributed by atoms with Gasteiger partial charge in [0.15, 0.2) is 18.2 Å². The number of carbonyl (C=O) groups excluding carboxylic acids is 3. The fourth-order valence-corrected chi connectivity index (χ4v) is 3.19. The number of carbonyl (C=O) groups is 3. The monoisotopic (exact) mass is 414 g/mol. The number of esters is 1. The number of hydrogen-bond acceptors (Lipinski definition) is 6. The molecule has 2 aromatic carbocycles. The zero-order valence-electron chi connectivity index (χ0n) is 16.6. The SMILES string of the molecule is CC(=O)c1ccccc1NC(=O)COC(=O)c1cc(-c2ccco2)nc2ccccc12. The molecule has 2 heterocycles. The molecule has 1 amide bonds. The van der Waals surface area contributed by atoms with Crippen molar-refractivity contribution in [2.24, 2.45) is 0 Å². The second-order valence-electron chi connectivity index (χ2n) is 6.78. The number of nitrogens with one attached hydrogen (secondary N) is 1. The van der Waals surface area contributed by atoms with Crippen LogP contribution in [0.25, 0.3) is 22.4 Å². The van der Waals surface area contributed by atoms with E-state index in [0.717, 1.165) is 0 Å². The molecule has 0 saturated carbocycles. The van der Waals surface area contributed by atoms with Crippen LogP contribution in [0.15, 0.2) is 77.4 Å². The smallest absolute Gasteiger partial charge is 0.339 e. The standard InChI is InChI=1S/C24H18N2O5/c1-15(27)16-7-2-4-9-19(16)26-23(28)14-31-24(29)18-13-21(22-11-6-12-30-22)25-20-10-5-3-8-17(18)20/h2-13H,14H2,1H3,(H,26,28). The molecule has 7 heteroatoms. The fourth-order valence-electron chi connectivity index (χ4n) is 3.19. The molecule has 0 saturated heterocycles. The number of ketones is 1. The molecule has 0 atom stereocenters. The van der Waals surface area contributed by atoms with Gasteiger partial charge in [-0.15, -0.1) is 0 Å². The number of amides is 1. The Balaban J connectivity index is 1.54. The maximum atomic E-state index is 12.8. The van der Waals surface area contributed by atoms with Gasteiger partial charge in [0.25, 0.3) is 5.91 Å². The Morgan fingerprint density at radius 3 is 2.52 bits per heavy atom. The topological polar surface area (TPSA) is 98.5 Å². The van der Waals surface area contributed by atoms with Gasteiger partial charge in [-0.3, -0.25) is 9.59 Å². The van der Waals surface area contributed by atoms with Gasteiger partial charge in [-0.2, -0.15) is 0 Å². The summed E-state index contributed by atoms with van der Waals surface area (Å²) in [4.78, 5) is 41.3. The predicted molar refractivity (Wildman–Crippen MR) is 115 cm³/mol. The van der Waals surface area contributed by atoms with E-state index in [9.17, 15) is 14.4 Å². The second kappa shape index (κ2) is 8.62. The Morgan fingerprint density at radius 2 is 1.74 bits per heavy atom. The number of Topliss-reactive ketones (excluding diaryl/α,β-unsaturated/α-hetero) is 1. The molecule has 0 aliphatic heterocycles. The van der Waals surface area contributed by atoms with Crippen LogP contribution in [0.4, 0.5) is 5.69 Å². The zero-order valence-corrected chi connectivity index (χ0v) is 16.6. The summed E-state index contributed by atoms with van der Waals surface area (Å²) in [6, 6.07) is 18.8. The summed E-state index contributed by atoms with van der Waals surface area (Å²) in [5.74, 6) is -0.881. The van der Waals surface area contributed by atoms with E-state index in [-0.39, 0.29) is 11.3 Å². The Labute approximate surface area is 177 Å². The van der Waals surface area contributed by atoms with Crippen LogP contribution < -0.4 is 5.32 Å². The van der Waals surface area contributed by atoms with E-state index < -0.39 is 18.5 Å². The van der Waals surface area contributed by atoms with Gasteiger partial charge in [0, 0.05) is 10.9 Å². The van der Waals surface area contributed by atoms with Crippen LogP contribution in [0.2, 0.25) is 0 Å². The van der Waals surface area contributed by atoms with Crippen LogP contribution in [0.1, 0.15) is 27.6 Å². The average Bonchev–Trinajstić information content (AvgIpc) is 3.32. The number of benzene rings is 2. The summed E-state index contributed by atoms with van der Waals surface area (Å²) in [5, 5.41) is 3.21. The largest absolute Gasteiger partial charge is 0.463 e. The highest BCUT2D eigenvalue weighted by atomic mass is 16.5. The number of hydrogen-bond donors (Lipinski definition) is 1. The summed E-state index contributed by atoms with van der Waals surface area (Å²) in [6.07, 6.45) is 1.52.